The third-order valence-electron chi connectivity index (χ3n) is 3.42. The van der Waals surface area contributed by atoms with Gasteiger partial charge in [0.15, 0.2) is 0 Å². The first-order chi connectivity index (χ1) is 9.74. The Balaban J connectivity index is 2.53. The second-order valence-corrected chi connectivity index (χ2v) is 6.40. The Hall–Kier alpha value is -2.16. The molecule has 1 aliphatic carbocycles. The van der Waals surface area contributed by atoms with Gasteiger partial charge in [-0.3, -0.25) is 15.1 Å². The maximum atomic E-state index is 11.2. The Morgan fingerprint density at radius 2 is 2.14 bits per heavy atom. The maximum absolute atomic E-state index is 11.2. The summed E-state index contributed by atoms with van der Waals surface area (Å²) in [7, 11) is 0. The molecule has 0 saturated heterocycles. The van der Waals surface area contributed by atoms with Crippen LogP contribution in [0.5, 0.6) is 5.75 Å². The molecule has 0 aromatic carbocycles. The average molecular weight is 289 g/mol. The normalized spacial score (nSPS) is 16.1. The predicted octanol–water partition coefficient (Wildman–Crippen LogP) is 3.49. The lowest BCUT2D eigenvalue weighted by Crippen LogP contribution is -2.24. The van der Waals surface area contributed by atoms with E-state index in [9.17, 15) is 15.4 Å². The summed E-state index contributed by atoms with van der Waals surface area (Å²) in [6.07, 6.45) is 3.22. The van der Waals surface area contributed by atoms with Gasteiger partial charge in [-0.25, -0.2) is 0 Å². The van der Waals surface area contributed by atoms with Gasteiger partial charge in [-0.2, -0.15) is 5.26 Å². The van der Waals surface area contributed by atoms with Gasteiger partial charge in [-0.1, -0.05) is 0 Å². The summed E-state index contributed by atoms with van der Waals surface area (Å²) in [6, 6.07) is 2.27. The van der Waals surface area contributed by atoms with Crippen LogP contribution in [-0.4, -0.2) is 15.5 Å². The van der Waals surface area contributed by atoms with Crippen molar-refractivity contribution in [3.8, 4) is 11.8 Å². The van der Waals surface area contributed by atoms with E-state index in [2.05, 4.69) is 11.1 Å². The van der Waals surface area contributed by atoms with Crippen LogP contribution in [-0.2, 0) is 0 Å². The number of nitriles is 1. The van der Waals surface area contributed by atoms with E-state index < -0.39 is 10.5 Å². The summed E-state index contributed by atoms with van der Waals surface area (Å²) < 4.78 is 5.77. The maximum Gasteiger partial charge on any atom is 0.329 e. The second-order valence-electron chi connectivity index (χ2n) is 6.40. The van der Waals surface area contributed by atoms with Gasteiger partial charge < -0.3 is 4.74 Å². The van der Waals surface area contributed by atoms with E-state index in [0.29, 0.717) is 17.2 Å². The molecular weight excluding hydrogens is 270 g/mol. The molecule has 1 saturated carbocycles. The van der Waals surface area contributed by atoms with Gasteiger partial charge in [0.25, 0.3) is 0 Å². The fourth-order valence-electron chi connectivity index (χ4n) is 2.29. The van der Waals surface area contributed by atoms with Crippen LogP contribution in [0.2, 0.25) is 0 Å². The van der Waals surface area contributed by atoms with Gasteiger partial charge in [0.2, 0.25) is 5.75 Å². The molecule has 1 atom stereocenters. The van der Waals surface area contributed by atoms with Gasteiger partial charge in [-0.05, 0) is 46.5 Å². The van der Waals surface area contributed by atoms with E-state index in [0.717, 1.165) is 12.8 Å². The molecule has 21 heavy (non-hydrogen) atoms. The molecule has 112 valence electrons. The van der Waals surface area contributed by atoms with Crippen molar-refractivity contribution in [1.82, 2.24) is 4.98 Å². The molecule has 1 heterocycles. The molecule has 2 rings (SSSR count). The zero-order valence-corrected chi connectivity index (χ0v) is 12.7. The van der Waals surface area contributed by atoms with Crippen molar-refractivity contribution >= 4 is 5.69 Å². The number of hydrogen-bond donors (Lipinski definition) is 0. The lowest BCUT2D eigenvalue weighted by Gasteiger charge is -2.23. The fourth-order valence-corrected chi connectivity index (χ4v) is 2.29. The Kier molecular flexibility index (Phi) is 3.86. The molecular formula is C15H19N3O3. The lowest BCUT2D eigenvalue weighted by atomic mass is 9.96. The molecule has 1 aromatic rings. The highest BCUT2D eigenvalue weighted by Gasteiger charge is 2.36. The Morgan fingerprint density at radius 1 is 1.52 bits per heavy atom. The summed E-state index contributed by atoms with van der Waals surface area (Å²) in [5, 5.41) is 20.5. The van der Waals surface area contributed by atoms with Crippen LogP contribution >= 0.6 is 0 Å². The Labute approximate surface area is 123 Å². The quantitative estimate of drug-likeness (QED) is 0.625. The van der Waals surface area contributed by atoms with Gasteiger partial charge >= 0.3 is 5.69 Å². The summed E-state index contributed by atoms with van der Waals surface area (Å²) in [5.41, 5.74) is 0.483. The molecule has 6 nitrogen and oxygen atoms in total. The first kappa shape index (κ1) is 15.2. The molecule has 0 spiro atoms. The number of rotatable bonds is 4. The van der Waals surface area contributed by atoms with Crippen LogP contribution in [0.15, 0.2) is 6.20 Å². The third kappa shape index (κ3) is 3.30. The monoisotopic (exact) mass is 289 g/mol. The van der Waals surface area contributed by atoms with Crippen molar-refractivity contribution in [3.05, 3.63) is 27.6 Å². The predicted molar refractivity (Wildman–Crippen MR) is 77.1 cm³/mol. The van der Waals surface area contributed by atoms with Crippen molar-refractivity contribution in [3.63, 3.8) is 0 Å². The SMILES string of the molecule is Cc1c(C(C#N)C2CC2)ncc([N+](=O)[O-])c1OC(C)(C)C. The van der Waals surface area contributed by atoms with Crippen LogP contribution in [0.3, 0.4) is 0 Å². The molecule has 0 amide bonds. The van der Waals surface area contributed by atoms with Crippen LogP contribution in [0.1, 0.15) is 50.8 Å². The van der Waals surface area contributed by atoms with Crippen molar-refractivity contribution in [2.24, 2.45) is 5.92 Å². The van der Waals surface area contributed by atoms with Gasteiger partial charge in [0.1, 0.15) is 11.8 Å². The topological polar surface area (TPSA) is 89.0 Å². The lowest BCUT2D eigenvalue weighted by molar-refractivity contribution is -0.386. The van der Waals surface area contributed by atoms with E-state index in [1.165, 1.54) is 6.20 Å². The van der Waals surface area contributed by atoms with E-state index in [-0.39, 0.29) is 17.4 Å². The number of pyridine rings is 1. The largest absolute Gasteiger partial charge is 0.481 e. The van der Waals surface area contributed by atoms with E-state index in [4.69, 9.17) is 4.74 Å². The molecule has 0 aliphatic heterocycles. The van der Waals surface area contributed by atoms with Gasteiger partial charge in [-0.15, -0.1) is 0 Å². The van der Waals surface area contributed by atoms with Crippen molar-refractivity contribution in [2.45, 2.75) is 52.1 Å². The van der Waals surface area contributed by atoms with Crippen molar-refractivity contribution in [2.75, 3.05) is 0 Å². The summed E-state index contributed by atoms with van der Waals surface area (Å²) in [6.45, 7) is 7.24. The zero-order valence-electron chi connectivity index (χ0n) is 12.7. The Morgan fingerprint density at radius 3 is 2.57 bits per heavy atom. The first-order valence-electron chi connectivity index (χ1n) is 6.97. The molecule has 1 aromatic heterocycles. The average Bonchev–Trinajstić information content (AvgIpc) is 3.17. The number of ether oxygens (including phenoxy) is 1. The number of nitro groups is 1. The molecule has 0 N–H and O–H groups in total. The van der Waals surface area contributed by atoms with Crippen LogP contribution in [0.4, 0.5) is 5.69 Å². The second kappa shape index (κ2) is 5.32. The third-order valence-corrected chi connectivity index (χ3v) is 3.42. The minimum absolute atomic E-state index is 0.154. The molecule has 0 radical (unpaired) electrons. The van der Waals surface area contributed by atoms with E-state index in [1.54, 1.807) is 6.92 Å². The standard InChI is InChI=1S/C15H19N3O3/c1-9-13(11(7-16)10-5-6-10)17-8-12(18(19)20)14(9)21-15(2,3)4/h8,10-11H,5-6H2,1-4H3. The van der Waals surface area contributed by atoms with Crippen molar-refractivity contribution in [1.29, 1.82) is 5.26 Å². The molecule has 6 heteroatoms. The molecule has 1 aliphatic rings. The molecule has 0 bridgehead atoms. The summed E-state index contributed by atoms with van der Waals surface area (Å²) in [5.74, 6) is 0.219. The van der Waals surface area contributed by atoms with E-state index >= 15 is 0 Å². The van der Waals surface area contributed by atoms with Crippen LogP contribution < -0.4 is 4.74 Å². The molecule has 1 unspecified atom stereocenters. The highest BCUT2D eigenvalue weighted by Crippen LogP contribution is 2.45. The number of hydrogen-bond acceptors (Lipinski definition) is 5. The van der Waals surface area contributed by atoms with E-state index in [1.807, 2.05) is 20.8 Å². The zero-order chi connectivity index (χ0) is 15.8. The van der Waals surface area contributed by atoms with Crippen molar-refractivity contribution < 1.29 is 9.66 Å². The Bertz CT molecular complexity index is 610. The molecule has 1 fully saturated rings. The minimum Gasteiger partial charge on any atom is -0.481 e. The number of nitrogens with zero attached hydrogens (tertiary/aromatic N) is 3. The van der Waals surface area contributed by atoms with Crippen LogP contribution in [0.25, 0.3) is 0 Å². The fraction of sp³-hybridized carbons (Fsp3) is 0.600. The number of aromatic nitrogens is 1. The minimum atomic E-state index is -0.560. The highest BCUT2D eigenvalue weighted by molar-refractivity contribution is 5.53. The van der Waals surface area contributed by atoms with Gasteiger partial charge in [0, 0.05) is 5.56 Å². The summed E-state index contributed by atoms with van der Waals surface area (Å²) in [4.78, 5) is 14.9. The first-order valence-corrected chi connectivity index (χ1v) is 6.97. The smallest absolute Gasteiger partial charge is 0.329 e. The highest BCUT2D eigenvalue weighted by atomic mass is 16.6. The van der Waals surface area contributed by atoms with Crippen LogP contribution in [0, 0.1) is 34.3 Å². The summed E-state index contributed by atoms with van der Waals surface area (Å²) >= 11 is 0. The van der Waals surface area contributed by atoms with Gasteiger partial charge in [0.05, 0.1) is 22.6 Å².